The molecule has 0 saturated carbocycles. The number of ether oxygens (including phenoxy) is 2. The molecule has 1 saturated heterocycles. The molecular weight excluding hydrogens is 568 g/mol. The highest BCUT2D eigenvalue weighted by Gasteiger charge is 2.32. The van der Waals surface area contributed by atoms with Crippen molar-refractivity contribution >= 4 is 23.6 Å². The number of benzene rings is 3. The number of hydrogen-bond acceptors (Lipinski definition) is 8. The number of hydrogen-bond donors (Lipinski definition) is 3. The number of carboxylic acid groups (broad SMARTS) is 1. The fourth-order valence-corrected chi connectivity index (χ4v) is 5.73. The highest BCUT2D eigenvalue weighted by atomic mass is 32.2. The minimum absolute atomic E-state index is 0.0143. The van der Waals surface area contributed by atoms with Gasteiger partial charge in [0, 0.05) is 37.8 Å². The van der Waals surface area contributed by atoms with Gasteiger partial charge in [-0.15, -0.1) is 10.2 Å². The summed E-state index contributed by atoms with van der Waals surface area (Å²) < 4.78 is 14.9. The number of nitrogens with one attached hydrogen (secondary N) is 1. The maximum atomic E-state index is 12.0. The van der Waals surface area contributed by atoms with Gasteiger partial charge in [-0.25, -0.2) is 0 Å². The maximum Gasteiger partial charge on any atom is 0.303 e. The van der Waals surface area contributed by atoms with Crippen LogP contribution in [0, 0.1) is 0 Å². The Bertz CT molecular complexity index is 1540. The molecule has 1 aromatic heterocycles. The van der Waals surface area contributed by atoms with Gasteiger partial charge in [0.1, 0.15) is 6.33 Å². The monoisotopic (exact) mass is 602 g/mol. The molecule has 5 rings (SSSR count). The average molecular weight is 603 g/mol. The van der Waals surface area contributed by atoms with Crippen LogP contribution in [0.2, 0.25) is 0 Å². The summed E-state index contributed by atoms with van der Waals surface area (Å²) in [6.45, 7) is 0.294. The standard InChI is InChI=1S/C32H34N4O6S/c1-36-20-34-35-32(36)43-19-27-16-28(23-10-8-21(18-37)9-11-23)42-31(41-27)26-7-3-6-25(15-26)24-5-2-4-22(14-24)17-33-29(38)12-13-30(39)40/h2-11,14-15,20,27-28,31,37H,12-13,16-19H2,1H3,(H,33,38)(H,39,40)/t27-,28+,31+/m0/s1. The van der Waals surface area contributed by atoms with Gasteiger partial charge in [-0.2, -0.15) is 0 Å². The molecule has 11 heteroatoms. The van der Waals surface area contributed by atoms with E-state index >= 15 is 0 Å². The largest absolute Gasteiger partial charge is 0.481 e. The number of rotatable bonds is 12. The van der Waals surface area contributed by atoms with Crippen molar-refractivity contribution in [2.75, 3.05) is 5.75 Å². The highest BCUT2D eigenvalue weighted by molar-refractivity contribution is 7.99. The molecule has 0 radical (unpaired) electrons. The molecule has 3 N–H and O–H groups in total. The van der Waals surface area contributed by atoms with Crippen LogP contribution in [-0.4, -0.2) is 48.7 Å². The van der Waals surface area contributed by atoms with Crippen molar-refractivity contribution < 1.29 is 29.3 Å². The topological polar surface area (TPSA) is 136 Å². The van der Waals surface area contributed by atoms with Gasteiger partial charge in [-0.1, -0.05) is 72.4 Å². The molecule has 3 aromatic carbocycles. The third-order valence-corrected chi connectivity index (χ3v) is 8.32. The number of carbonyl (C=O) groups is 2. The van der Waals surface area contributed by atoms with Gasteiger partial charge < -0.3 is 29.6 Å². The molecule has 43 heavy (non-hydrogen) atoms. The van der Waals surface area contributed by atoms with E-state index in [2.05, 4.69) is 21.6 Å². The SMILES string of the molecule is Cn1cnnc1SC[C@@H]1C[C@H](c2ccc(CO)cc2)O[C@H](c2cccc(-c3cccc(CNC(=O)CCC(=O)O)c3)c2)O1. The molecule has 0 aliphatic carbocycles. The second kappa shape index (κ2) is 14.4. The first-order valence-electron chi connectivity index (χ1n) is 14.0. The molecule has 4 aromatic rings. The number of carbonyl (C=O) groups excluding carboxylic acids is 1. The van der Waals surface area contributed by atoms with Crippen molar-refractivity contribution in [1.82, 2.24) is 20.1 Å². The van der Waals surface area contributed by atoms with E-state index in [1.165, 1.54) is 0 Å². The second-order valence-corrected chi connectivity index (χ2v) is 11.4. The van der Waals surface area contributed by atoms with Gasteiger partial charge in [0.05, 0.1) is 25.2 Å². The van der Waals surface area contributed by atoms with Crippen LogP contribution < -0.4 is 5.32 Å². The van der Waals surface area contributed by atoms with E-state index in [0.29, 0.717) is 18.7 Å². The van der Waals surface area contributed by atoms with Crippen LogP contribution in [0.4, 0.5) is 0 Å². The quantitative estimate of drug-likeness (QED) is 0.196. The smallest absolute Gasteiger partial charge is 0.303 e. The van der Waals surface area contributed by atoms with Gasteiger partial charge in [0.25, 0.3) is 0 Å². The number of carboxylic acids is 1. The van der Waals surface area contributed by atoms with Crippen LogP contribution in [-0.2, 0) is 39.3 Å². The van der Waals surface area contributed by atoms with E-state index in [4.69, 9.17) is 14.6 Å². The van der Waals surface area contributed by atoms with E-state index in [-0.39, 0.29) is 37.6 Å². The van der Waals surface area contributed by atoms with Crippen LogP contribution >= 0.6 is 11.8 Å². The third-order valence-electron chi connectivity index (χ3n) is 7.16. The Kier molecular flexibility index (Phi) is 10.2. The van der Waals surface area contributed by atoms with Crippen LogP contribution in [0.1, 0.15) is 53.9 Å². The summed E-state index contributed by atoms with van der Waals surface area (Å²) in [5.74, 6) is -0.615. The van der Waals surface area contributed by atoms with Gasteiger partial charge in [-0.05, 0) is 39.9 Å². The van der Waals surface area contributed by atoms with Gasteiger partial charge in [-0.3, -0.25) is 9.59 Å². The summed E-state index contributed by atoms with van der Waals surface area (Å²) in [5, 5.41) is 30.0. The Morgan fingerprint density at radius 2 is 1.74 bits per heavy atom. The first-order valence-corrected chi connectivity index (χ1v) is 15.0. The Labute approximate surface area is 254 Å². The van der Waals surface area contributed by atoms with E-state index in [1.807, 2.05) is 78.3 Å². The minimum Gasteiger partial charge on any atom is -0.481 e. The number of aliphatic hydroxyl groups is 1. The third kappa shape index (κ3) is 8.29. The Hall–Kier alpha value is -4.03. The first kappa shape index (κ1) is 30.4. The number of aromatic nitrogens is 3. The van der Waals surface area contributed by atoms with Crippen molar-refractivity contribution in [1.29, 1.82) is 0 Å². The molecule has 10 nitrogen and oxygen atoms in total. The Morgan fingerprint density at radius 1 is 0.977 bits per heavy atom. The van der Waals surface area contributed by atoms with Crippen LogP contribution in [0.3, 0.4) is 0 Å². The first-order chi connectivity index (χ1) is 20.9. The summed E-state index contributed by atoms with van der Waals surface area (Å²) in [7, 11) is 1.91. The lowest BCUT2D eigenvalue weighted by molar-refractivity contribution is -0.245. The van der Waals surface area contributed by atoms with Crippen LogP contribution in [0.5, 0.6) is 0 Å². The lowest BCUT2D eigenvalue weighted by Gasteiger charge is -2.36. The number of nitrogens with zero attached hydrogens (tertiary/aromatic N) is 3. The fourth-order valence-electron chi connectivity index (χ4n) is 4.83. The number of thioether (sulfide) groups is 1. The highest BCUT2D eigenvalue weighted by Crippen LogP contribution is 2.40. The second-order valence-electron chi connectivity index (χ2n) is 10.4. The number of amides is 1. The molecular formula is C32H34N4O6S. The maximum absolute atomic E-state index is 12.0. The average Bonchev–Trinajstić information content (AvgIpc) is 3.46. The van der Waals surface area contributed by atoms with Crippen molar-refractivity contribution in [2.24, 2.45) is 7.05 Å². The van der Waals surface area contributed by atoms with Crippen molar-refractivity contribution in [3.8, 4) is 11.1 Å². The minimum atomic E-state index is -0.996. The predicted octanol–water partition coefficient (Wildman–Crippen LogP) is 4.79. The molecule has 0 unspecified atom stereocenters. The normalized spacial score (nSPS) is 18.3. The summed E-state index contributed by atoms with van der Waals surface area (Å²) in [4.78, 5) is 22.7. The van der Waals surface area contributed by atoms with E-state index in [1.54, 1.807) is 18.1 Å². The van der Waals surface area contributed by atoms with Crippen molar-refractivity contribution in [3.63, 3.8) is 0 Å². The zero-order valence-electron chi connectivity index (χ0n) is 23.8. The molecule has 1 amide bonds. The van der Waals surface area contributed by atoms with Crippen LogP contribution in [0.25, 0.3) is 11.1 Å². The zero-order chi connectivity index (χ0) is 30.2. The van der Waals surface area contributed by atoms with Crippen molar-refractivity contribution in [3.05, 3.63) is 101 Å². The summed E-state index contributed by atoms with van der Waals surface area (Å²) in [6.07, 6.45) is 1.18. The molecule has 224 valence electrons. The van der Waals surface area contributed by atoms with Crippen LogP contribution in [0.15, 0.2) is 84.3 Å². The van der Waals surface area contributed by atoms with E-state index < -0.39 is 12.3 Å². The number of aliphatic carboxylic acids is 1. The van der Waals surface area contributed by atoms with Crippen molar-refractivity contribution in [2.45, 2.75) is 56.1 Å². The van der Waals surface area contributed by atoms with Gasteiger partial charge >= 0.3 is 5.97 Å². The molecule has 1 fully saturated rings. The lowest BCUT2D eigenvalue weighted by atomic mass is 9.99. The van der Waals surface area contributed by atoms with Gasteiger partial charge in [0.2, 0.25) is 5.91 Å². The lowest BCUT2D eigenvalue weighted by Crippen LogP contribution is -2.31. The molecule has 3 atom stereocenters. The number of aryl methyl sites for hydroxylation is 1. The molecule has 0 spiro atoms. The van der Waals surface area contributed by atoms with E-state index in [9.17, 15) is 14.7 Å². The summed E-state index contributed by atoms with van der Waals surface area (Å²) in [6, 6.07) is 23.7. The summed E-state index contributed by atoms with van der Waals surface area (Å²) >= 11 is 1.59. The summed E-state index contributed by atoms with van der Waals surface area (Å²) in [5.41, 5.74) is 5.60. The molecule has 1 aliphatic heterocycles. The molecule has 1 aliphatic rings. The molecule has 0 bridgehead atoms. The predicted molar refractivity (Wildman–Crippen MR) is 161 cm³/mol. The Morgan fingerprint density at radius 3 is 2.47 bits per heavy atom. The van der Waals surface area contributed by atoms with E-state index in [0.717, 1.165) is 38.5 Å². The van der Waals surface area contributed by atoms with Gasteiger partial charge in [0.15, 0.2) is 11.4 Å². The Balaban J connectivity index is 1.33. The number of aliphatic hydroxyl groups excluding tert-OH is 1. The molecule has 2 heterocycles. The zero-order valence-corrected chi connectivity index (χ0v) is 24.6. The fraction of sp³-hybridized carbons (Fsp3) is 0.312.